The molecule has 5 atom stereocenters. The fourth-order valence-electron chi connectivity index (χ4n) is 1.59. The van der Waals surface area contributed by atoms with E-state index in [9.17, 15) is 28.9 Å². The topological polar surface area (TPSA) is 168 Å². The lowest BCUT2D eigenvalue weighted by atomic mass is 9.97. The van der Waals surface area contributed by atoms with Crippen LogP contribution in [0.25, 0.3) is 10.4 Å². The van der Waals surface area contributed by atoms with Gasteiger partial charge in [-0.1, -0.05) is 0 Å². The molecule has 0 spiro atoms. The second-order valence-electron chi connectivity index (χ2n) is 3.96. The maximum atomic E-state index is 12.9. The van der Waals surface area contributed by atoms with Crippen molar-refractivity contribution in [3.63, 3.8) is 0 Å². The number of aliphatic hydroxyl groups is 4. The summed E-state index contributed by atoms with van der Waals surface area (Å²) in [5.74, 6) is -2.09. The zero-order chi connectivity index (χ0) is 15.5. The molecular weight excluding hydrogens is 286 g/mol. The van der Waals surface area contributed by atoms with Crippen molar-refractivity contribution in [2.24, 2.45) is 5.11 Å². The Morgan fingerprint density at radius 2 is 2.00 bits per heavy atom. The Morgan fingerprint density at radius 3 is 2.50 bits per heavy atom. The van der Waals surface area contributed by atoms with Crippen molar-refractivity contribution < 1.29 is 38.7 Å². The quantitative estimate of drug-likeness (QED) is 0.171. The normalized spacial score (nSPS) is 34.2. The maximum absolute atomic E-state index is 12.9. The lowest BCUT2D eigenvalue weighted by Gasteiger charge is -2.40. The first-order valence-electron chi connectivity index (χ1n) is 5.30. The van der Waals surface area contributed by atoms with Crippen molar-refractivity contribution in [2.75, 3.05) is 6.61 Å². The highest BCUT2D eigenvalue weighted by Gasteiger charge is 2.47. The van der Waals surface area contributed by atoms with Crippen LogP contribution in [0.5, 0.6) is 0 Å². The highest BCUT2D eigenvalue weighted by atomic mass is 19.3. The highest BCUT2D eigenvalue weighted by molar-refractivity contribution is 5.83. The van der Waals surface area contributed by atoms with Crippen molar-refractivity contribution in [2.45, 2.75) is 36.7 Å². The van der Waals surface area contributed by atoms with Gasteiger partial charge in [0.05, 0.1) is 6.61 Å². The molecule has 1 aliphatic rings. The van der Waals surface area contributed by atoms with Crippen molar-refractivity contribution in [1.82, 2.24) is 5.32 Å². The number of halogens is 2. The average molecular weight is 298 g/mol. The first-order valence-corrected chi connectivity index (χ1v) is 5.30. The van der Waals surface area contributed by atoms with Crippen LogP contribution in [0.4, 0.5) is 8.78 Å². The zero-order valence-electron chi connectivity index (χ0n) is 9.80. The molecule has 1 fully saturated rings. The lowest BCUT2D eigenvalue weighted by Crippen LogP contribution is -2.65. The van der Waals surface area contributed by atoms with Gasteiger partial charge in [0, 0.05) is 4.91 Å². The molecule has 0 radical (unpaired) electrons. The van der Waals surface area contributed by atoms with Crippen LogP contribution < -0.4 is 5.32 Å². The summed E-state index contributed by atoms with van der Waals surface area (Å²) in [5.41, 5.74) is 7.88. The van der Waals surface area contributed by atoms with Crippen LogP contribution in [0.1, 0.15) is 0 Å². The average Bonchev–Trinajstić information content (AvgIpc) is 2.38. The fourth-order valence-corrected chi connectivity index (χ4v) is 1.59. The van der Waals surface area contributed by atoms with Gasteiger partial charge in [-0.15, -0.1) is 0 Å². The summed E-state index contributed by atoms with van der Waals surface area (Å²) in [6, 6.07) is -6.23. The number of rotatable bonds is 4. The van der Waals surface area contributed by atoms with E-state index in [2.05, 4.69) is 4.74 Å². The van der Waals surface area contributed by atoms with Crippen molar-refractivity contribution in [3.8, 4) is 0 Å². The van der Waals surface area contributed by atoms with Gasteiger partial charge in [-0.2, -0.15) is 8.78 Å². The number of nitrogens with zero attached hydrogens (tertiary/aromatic N) is 3. The number of hydrogen-bond acceptors (Lipinski definition) is 7. The largest absolute Gasteiger partial charge is 0.401 e. The molecule has 114 valence electrons. The molecule has 1 rings (SSSR count). The Morgan fingerprint density at radius 1 is 1.40 bits per heavy atom. The third-order valence-corrected chi connectivity index (χ3v) is 2.64. The minimum Gasteiger partial charge on any atom is -0.394 e. The van der Waals surface area contributed by atoms with E-state index in [-0.39, 0.29) is 0 Å². The predicted molar refractivity (Wildman–Crippen MR) is 56.0 cm³/mol. The molecule has 20 heavy (non-hydrogen) atoms. The van der Waals surface area contributed by atoms with Crippen LogP contribution in [-0.4, -0.2) is 69.6 Å². The molecule has 1 saturated heterocycles. The number of amides is 1. The second kappa shape index (κ2) is 6.26. The smallest absolute Gasteiger partial charge is 0.394 e. The summed E-state index contributed by atoms with van der Waals surface area (Å²) in [6.45, 7) is -0.745. The van der Waals surface area contributed by atoms with E-state index in [1.165, 1.54) is 5.32 Å². The molecule has 12 heteroatoms. The van der Waals surface area contributed by atoms with Gasteiger partial charge in [0.25, 0.3) is 5.91 Å². The summed E-state index contributed by atoms with van der Waals surface area (Å²) < 4.78 is 30.5. The fraction of sp³-hybridized carbons (Fsp3) is 0.875. The molecule has 0 aromatic heterocycles. The predicted octanol–water partition coefficient (Wildman–Crippen LogP) is -2.19. The monoisotopic (exact) mass is 298 g/mol. The third kappa shape index (κ3) is 3.30. The number of ether oxygens (including phenoxy) is 1. The van der Waals surface area contributed by atoms with Crippen LogP contribution in [0.2, 0.25) is 0 Å². The SMILES string of the molecule is [N-]=[N+]=NC(F)(F)C(=O)NC1[C@H](O)OC(CO)[C@@H](O)[C@@H]1O. The van der Waals surface area contributed by atoms with Gasteiger partial charge in [0.1, 0.15) is 24.4 Å². The van der Waals surface area contributed by atoms with Crippen LogP contribution >= 0.6 is 0 Å². The molecule has 0 aromatic carbocycles. The molecule has 1 amide bonds. The Labute approximate surface area is 110 Å². The Kier molecular flexibility index (Phi) is 5.16. The van der Waals surface area contributed by atoms with Gasteiger partial charge >= 0.3 is 6.05 Å². The molecule has 1 heterocycles. The Hall–Kier alpha value is -1.56. The Bertz CT molecular complexity index is 418. The van der Waals surface area contributed by atoms with Crippen LogP contribution in [-0.2, 0) is 9.53 Å². The molecule has 2 unspecified atom stereocenters. The van der Waals surface area contributed by atoms with E-state index in [0.29, 0.717) is 0 Å². The van der Waals surface area contributed by atoms with Gasteiger partial charge < -0.3 is 30.5 Å². The summed E-state index contributed by atoms with van der Waals surface area (Å²) >= 11 is 0. The van der Waals surface area contributed by atoms with E-state index in [1.54, 1.807) is 4.91 Å². The van der Waals surface area contributed by atoms with Crippen LogP contribution in [0, 0.1) is 0 Å². The van der Waals surface area contributed by atoms with Crippen LogP contribution in [0.15, 0.2) is 5.11 Å². The van der Waals surface area contributed by atoms with E-state index < -0.39 is 49.2 Å². The van der Waals surface area contributed by atoms with Gasteiger partial charge in [0.15, 0.2) is 6.29 Å². The van der Waals surface area contributed by atoms with Crippen molar-refractivity contribution in [1.29, 1.82) is 0 Å². The molecule has 1 aliphatic heterocycles. The first-order chi connectivity index (χ1) is 9.24. The second-order valence-corrected chi connectivity index (χ2v) is 3.96. The number of nitrogens with one attached hydrogen (secondary N) is 1. The number of carbonyl (C=O) groups is 1. The number of azide groups is 1. The first kappa shape index (κ1) is 16.5. The molecule has 0 bridgehead atoms. The number of alkyl halides is 2. The number of hydrogen-bond donors (Lipinski definition) is 5. The molecule has 5 N–H and O–H groups in total. The number of carbonyl (C=O) groups excluding carboxylic acids is 1. The third-order valence-electron chi connectivity index (χ3n) is 2.64. The summed E-state index contributed by atoms with van der Waals surface area (Å²) in [5, 5.41) is 40.7. The molecule has 0 aliphatic carbocycles. The molecule has 10 nitrogen and oxygen atoms in total. The maximum Gasteiger partial charge on any atom is 0.401 e. The van der Waals surface area contributed by atoms with Gasteiger partial charge in [-0.25, -0.2) is 0 Å². The van der Waals surface area contributed by atoms with Crippen molar-refractivity contribution >= 4 is 5.91 Å². The summed E-state index contributed by atoms with van der Waals surface area (Å²) in [4.78, 5) is 12.9. The summed E-state index contributed by atoms with van der Waals surface area (Å²) in [6.07, 6.45) is -6.88. The van der Waals surface area contributed by atoms with Gasteiger partial charge in [-0.05, 0) is 10.6 Å². The van der Waals surface area contributed by atoms with Gasteiger partial charge in [0.2, 0.25) is 0 Å². The minimum absolute atomic E-state index is 0.745. The molecular formula is C8H12F2N4O6. The zero-order valence-corrected chi connectivity index (χ0v) is 9.80. The molecule has 0 saturated carbocycles. The highest BCUT2D eigenvalue weighted by Crippen LogP contribution is 2.22. The summed E-state index contributed by atoms with van der Waals surface area (Å²) in [7, 11) is 0. The van der Waals surface area contributed by atoms with Crippen LogP contribution in [0.3, 0.4) is 0 Å². The van der Waals surface area contributed by atoms with E-state index >= 15 is 0 Å². The lowest BCUT2D eigenvalue weighted by molar-refractivity contribution is -0.254. The van der Waals surface area contributed by atoms with Gasteiger partial charge in [-0.3, -0.25) is 4.79 Å². The standard InChI is InChI=1S/C8H12F2N4O6/c9-8(10,13-14-11)7(19)12-3-5(17)4(16)2(1-15)20-6(3)18/h2-6,15-18H,1H2,(H,12,19)/t2?,3?,4-,5-,6-/m1/s1. The minimum atomic E-state index is -4.44. The number of aliphatic hydroxyl groups excluding tert-OH is 4. The molecule has 0 aromatic rings. The Balaban J connectivity index is 2.81. The van der Waals surface area contributed by atoms with Crippen molar-refractivity contribution in [3.05, 3.63) is 10.4 Å². The van der Waals surface area contributed by atoms with E-state index in [0.717, 1.165) is 0 Å². The van der Waals surface area contributed by atoms with E-state index in [4.69, 9.17) is 10.6 Å². The van der Waals surface area contributed by atoms with E-state index in [1.807, 2.05) is 5.11 Å².